The van der Waals surface area contributed by atoms with Gasteiger partial charge in [-0.25, -0.2) is 4.79 Å². The highest BCUT2D eigenvalue weighted by molar-refractivity contribution is 8.00. The summed E-state index contributed by atoms with van der Waals surface area (Å²) < 4.78 is 0. The number of hydrogen-bond donors (Lipinski definition) is 1. The van der Waals surface area contributed by atoms with Gasteiger partial charge in [-0.1, -0.05) is 18.2 Å². The van der Waals surface area contributed by atoms with Crippen LogP contribution >= 0.6 is 11.8 Å². The number of para-hydroxylation sites is 1. The minimum Gasteiger partial charge on any atom is -0.478 e. The summed E-state index contributed by atoms with van der Waals surface area (Å²) in [5, 5.41) is 9.17. The topological polar surface area (TPSA) is 77.9 Å². The zero-order valence-corrected chi connectivity index (χ0v) is 15.4. The van der Waals surface area contributed by atoms with Crippen LogP contribution in [-0.2, 0) is 22.6 Å². The Morgan fingerprint density at radius 2 is 1.93 bits per heavy atom. The molecule has 2 aliphatic heterocycles. The van der Waals surface area contributed by atoms with Gasteiger partial charge in [0.25, 0.3) is 0 Å². The number of carboxylic acids is 1. The second-order valence-corrected chi connectivity index (χ2v) is 7.61. The van der Waals surface area contributed by atoms with E-state index in [1.54, 1.807) is 21.9 Å². The van der Waals surface area contributed by atoms with Crippen molar-refractivity contribution >= 4 is 35.2 Å². The largest absolute Gasteiger partial charge is 0.478 e. The average molecular weight is 382 g/mol. The van der Waals surface area contributed by atoms with Gasteiger partial charge in [-0.2, -0.15) is 0 Å². The Balaban J connectivity index is 1.52. The Kier molecular flexibility index (Phi) is 4.61. The van der Waals surface area contributed by atoms with Gasteiger partial charge in [0.15, 0.2) is 0 Å². The maximum atomic E-state index is 12.9. The molecule has 0 radical (unpaired) electrons. The van der Waals surface area contributed by atoms with Gasteiger partial charge in [0.1, 0.15) is 6.54 Å². The van der Waals surface area contributed by atoms with Gasteiger partial charge in [-0.15, -0.1) is 11.8 Å². The molecule has 7 heteroatoms. The van der Waals surface area contributed by atoms with E-state index < -0.39 is 5.97 Å². The van der Waals surface area contributed by atoms with E-state index in [1.807, 2.05) is 30.3 Å². The number of carbonyl (C=O) groups excluding carboxylic acids is 2. The lowest BCUT2D eigenvalue weighted by Gasteiger charge is -2.33. The Labute approximate surface area is 160 Å². The van der Waals surface area contributed by atoms with Crippen molar-refractivity contribution < 1.29 is 19.5 Å². The summed E-state index contributed by atoms with van der Waals surface area (Å²) in [4.78, 5) is 40.7. The molecule has 2 aromatic carbocycles. The number of anilines is 1. The maximum absolute atomic E-state index is 12.9. The molecule has 0 bridgehead atoms. The fourth-order valence-corrected chi connectivity index (χ4v) is 4.40. The Hall–Kier alpha value is -2.80. The summed E-state index contributed by atoms with van der Waals surface area (Å²) >= 11 is 1.49. The van der Waals surface area contributed by atoms with Gasteiger partial charge in [0.2, 0.25) is 11.8 Å². The van der Waals surface area contributed by atoms with Crippen LogP contribution in [0.25, 0.3) is 0 Å². The molecule has 6 nitrogen and oxygen atoms in total. The molecule has 0 fully saturated rings. The second-order valence-electron chi connectivity index (χ2n) is 6.59. The van der Waals surface area contributed by atoms with Gasteiger partial charge in [0.05, 0.1) is 17.0 Å². The highest BCUT2D eigenvalue weighted by Crippen LogP contribution is 2.35. The minimum atomic E-state index is -0.978. The van der Waals surface area contributed by atoms with E-state index in [1.165, 1.54) is 11.8 Å². The quantitative estimate of drug-likeness (QED) is 0.882. The van der Waals surface area contributed by atoms with Crippen LogP contribution in [0, 0.1) is 0 Å². The Bertz CT molecular complexity index is 943. The first-order valence-electron chi connectivity index (χ1n) is 8.68. The molecule has 0 saturated heterocycles. The average Bonchev–Trinajstić information content (AvgIpc) is 2.69. The predicted octanol–water partition coefficient (Wildman–Crippen LogP) is 2.41. The third kappa shape index (κ3) is 3.42. The van der Waals surface area contributed by atoms with Crippen molar-refractivity contribution in [3.05, 3.63) is 59.2 Å². The molecule has 138 valence electrons. The number of carbonyl (C=O) groups is 3. The fourth-order valence-electron chi connectivity index (χ4n) is 3.47. The molecule has 2 heterocycles. The van der Waals surface area contributed by atoms with E-state index >= 15 is 0 Å². The Morgan fingerprint density at radius 1 is 1.11 bits per heavy atom. The van der Waals surface area contributed by atoms with Gasteiger partial charge >= 0.3 is 5.97 Å². The third-order valence-electron chi connectivity index (χ3n) is 4.92. The Morgan fingerprint density at radius 3 is 2.74 bits per heavy atom. The molecule has 0 saturated carbocycles. The number of nitrogens with zero attached hydrogens (tertiary/aromatic N) is 2. The highest BCUT2D eigenvalue weighted by Gasteiger charge is 2.29. The van der Waals surface area contributed by atoms with Crippen LogP contribution in [0.1, 0.15) is 21.5 Å². The van der Waals surface area contributed by atoms with Crippen molar-refractivity contribution in [2.45, 2.75) is 17.9 Å². The number of benzene rings is 2. The first kappa shape index (κ1) is 17.6. The lowest BCUT2D eigenvalue weighted by atomic mass is 9.97. The summed E-state index contributed by atoms with van der Waals surface area (Å²) in [6.07, 6.45) is 0.682. The molecule has 2 amide bonds. The van der Waals surface area contributed by atoms with E-state index in [-0.39, 0.29) is 23.9 Å². The van der Waals surface area contributed by atoms with E-state index in [4.69, 9.17) is 0 Å². The lowest BCUT2D eigenvalue weighted by molar-refractivity contribution is -0.132. The minimum absolute atomic E-state index is 0.00433. The van der Waals surface area contributed by atoms with Gasteiger partial charge in [0, 0.05) is 18.0 Å². The number of fused-ring (bicyclic) bond motifs is 2. The molecule has 0 aromatic heterocycles. The highest BCUT2D eigenvalue weighted by atomic mass is 32.2. The summed E-state index contributed by atoms with van der Waals surface area (Å²) in [6.45, 7) is 0.939. The molecule has 0 atom stereocenters. The van der Waals surface area contributed by atoms with Crippen LogP contribution in [-0.4, -0.2) is 46.6 Å². The van der Waals surface area contributed by atoms with Crippen LogP contribution in [0.2, 0.25) is 0 Å². The standard InChI is InChI=1S/C20H18N2O4S/c23-18(11-22-16-3-1-2-4-17(16)27-12-19(22)24)21-8-7-13-5-6-14(20(25)26)9-15(13)10-21/h1-6,9H,7-8,10-12H2,(H,25,26). The zero-order valence-electron chi connectivity index (χ0n) is 14.6. The number of aromatic carboxylic acids is 1. The SMILES string of the molecule is O=C(O)c1ccc2c(c1)CN(C(=O)CN1C(=O)CSc3ccccc31)CC2. The summed E-state index contributed by atoms with van der Waals surface area (Å²) in [5.74, 6) is -0.849. The van der Waals surface area contributed by atoms with E-state index in [9.17, 15) is 19.5 Å². The summed E-state index contributed by atoms with van der Waals surface area (Å²) in [6, 6.07) is 12.6. The first-order valence-corrected chi connectivity index (χ1v) is 9.66. The van der Waals surface area contributed by atoms with E-state index in [0.717, 1.165) is 21.7 Å². The van der Waals surface area contributed by atoms with E-state index in [2.05, 4.69) is 0 Å². The van der Waals surface area contributed by atoms with Crippen molar-refractivity contribution in [3.8, 4) is 0 Å². The van der Waals surface area contributed by atoms with Gasteiger partial charge in [-0.3, -0.25) is 9.59 Å². The zero-order chi connectivity index (χ0) is 19.0. The van der Waals surface area contributed by atoms with Crippen molar-refractivity contribution in [2.75, 3.05) is 23.7 Å². The van der Waals surface area contributed by atoms with Crippen LogP contribution < -0.4 is 4.90 Å². The van der Waals surface area contributed by atoms with Crippen LogP contribution in [0.4, 0.5) is 5.69 Å². The first-order chi connectivity index (χ1) is 13.0. The van der Waals surface area contributed by atoms with Crippen molar-refractivity contribution in [2.24, 2.45) is 0 Å². The van der Waals surface area contributed by atoms with Crippen molar-refractivity contribution in [1.29, 1.82) is 0 Å². The molecule has 0 aliphatic carbocycles. The number of hydrogen-bond acceptors (Lipinski definition) is 4. The fraction of sp³-hybridized carbons (Fsp3) is 0.250. The molecular formula is C20H18N2O4S. The number of carboxylic acid groups (broad SMARTS) is 1. The normalized spacial score (nSPS) is 15.9. The van der Waals surface area contributed by atoms with Gasteiger partial charge < -0.3 is 14.9 Å². The third-order valence-corrected chi connectivity index (χ3v) is 5.97. The smallest absolute Gasteiger partial charge is 0.335 e. The second kappa shape index (κ2) is 7.08. The number of thioether (sulfide) groups is 1. The van der Waals surface area contributed by atoms with Crippen LogP contribution in [0.5, 0.6) is 0 Å². The molecule has 2 aromatic rings. The molecule has 2 aliphatic rings. The molecular weight excluding hydrogens is 364 g/mol. The number of rotatable bonds is 3. The molecule has 0 unspecified atom stereocenters. The lowest BCUT2D eigenvalue weighted by Crippen LogP contribution is -2.46. The molecule has 1 N–H and O–H groups in total. The van der Waals surface area contributed by atoms with Crippen LogP contribution in [0.3, 0.4) is 0 Å². The summed E-state index contributed by atoms with van der Waals surface area (Å²) in [7, 11) is 0. The number of amides is 2. The molecule has 4 rings (SSSR count). The predicted molar refractivity (Wildman–Crippen MR) is 102 cm³/mol. The monoisotopic (exact) mass is 382 g/mol. The van der Waals surface area contributed by atoms with E-state index in [0.29, 0.717) is 25.3 Å². The van der Waals surface area contributed by atoms with Gasteiger partial charge in [-0.05, 0) is 41.8 Å². The maximum Gasteiger partial charge on any atom is 0.335 e. The van der Waals surface area contributed by atoms with Crippen LogP contribution in [0.15, 0.2) is 47.4 Å². The van der Waals surface area contributed by atoms with Crippen molar-refractivity contribution in [1.82, 2.24) is 4.90 Å². The summed E-state index contributed by atoms with van der Waals surface area (Å²) in [5.41, 5.74) is 2.92. The molecule has 0 spiro atoms. The molecule has 27 heavy (non-hydrogen) atoms. The van der Waals surface area contributed by atoms with Crippen molar-refractivity contribution in [3.63, 3.8) is 0 Å².